The zero-order chi connectivity index (χ0) is 35.1. The van der Waals surface area contributed by atoms with Gasteiger partial charge < -0.3 is 37.4 Å². The number of benzene rings is 3. The summed E-state index contributed by atoms with van der Waals surface area (Å²) in [6.45, 7) is 6.27. The summed E-state index contributed by atoms with van der Waals surface area (Å²) in [6, 6.07) is 13.9. The lowest BCUT2D eigenvalue weighted by Crippen LogP contribution is -2.22. The largest absolute Gasteiger partial charge is 0.493 e. The van der Waals surface area contributed by atoms with E-state index in [0.29, 0.717) is 79.4 Å². The fourth-order valence-electron chi connectivity index (χ4n) is 6.34. The van der Waals surface area contributed by atoms with Crippen LogP contribution in [0.1, 0.15) is 34.1 Å². The highest BCUT2D eigenvalue weighted by atomic mass is 16.6. The Hall–Kier alpha value is -6.04. The second-order valence-corrected chi connectivity index (χ2v) is 11.3. The Morgan fingerprint density at radius 2 is 1.22 bits per heavy atom. The number of nitrogens with zero attached hydrogens (tertiary/aromatic N) is 2. The summed E-state index contributed by atoms with van der Waals surface area (Å²) in [6.07, 6.45) is 2.45. The fourth-order valence-corrected chi connectivity index (χ4v) is 6.34. The number of hydrogen-bond acceptors (Lipinski definition) is 10. The Morgan fingerprint density at radius 3 is 1.82 bits per heavy atom. The average molecular weight is 667 g/mol. The van der Waals surface area contributed by atoms with E-state index in [4.69, 9.17) is 28.4 Å². The number of carbonyl (C=O) groups is 3. The lowest BCUT2D eigenvalue weighted by molar-refractivity contribution is -0.132. The summed E-state index contributed by atoms with van der Waals surface area (Å²) in [5, 5.41) is 2.67. The maximum atomic E-state index is 14.7. The minimum Gasteiger partial charge on any atom is -0.493 e. The number of rotatable bonds is 9. The van der Waals surface area contributed by atoms with Crippen molar-refractivity contribution >= 4 is 56.0 Å². The zero-order valence-electron chi connectivity index (χ0n) is 28.1. The quantitative estimate of drug-likeness (QED) is 0.125. The Balaban J connectivity index is 1.88. The molecule has 0 bridgehead atoms. The van der Waals surface area contributed by atoms with Crippen LogP contribution >= 0.6 is 0 Å². The second kappa shape index (κ2) is 12.9. The monoisotopic (exact) mass is 666 g/mol. The van der Waals surface area contributed by atoms with E-state index in [-0.39, 0.29) is 22.8 Å². The zero-order valence-corrected chi connectivity index (χ0v) is 28.1. The van der Waals surface area contributed by atoms with Gasteiger partial charge in [-0.3, -0.25) is 19.2 Å². The first-order valence-corrected chi connectivity index (χ1v) is 15.5. The smallest absolute Gasteiger partial charge is 0.308 e. The first-order chi connectivity index (χ1) is 23.5. The molecule has 0 radical (unpaired) electrons. The summed E-state index contributed by atoms with van der Waals surface area (Å²) in [4.78, 5) is 50.5. The Kier molecular flexibility index (Phi) is 8.64. The van der Waals surface area contributed by atoms with Gasteiger partial charge in [-0.15, -0.1) is 0 Å². The molecule has 0 spiro atoms. The van der Waals surface area contributed by atoms with Crippen LogP contribution in [-0.4, -0.2) is 48.2 Å². The van der Waals surface area contributed by atoms with Gasteiger partial charge in [0, 0.05) is 61.3 Å². The molecule has 252 valence electrons. The molecule has 3 aromatic carbocycles. The fraction of sp³-hybridized carbons (Fsp3) is 0.243. The predicted molar refractivity (Wildman–Crippen MR) is 183 cm³/mol. The van der Waals surface area contributed by atoms with E-state index in [1.54, 1.807) is 53.2 Å². The number of ether oxygens (including phenoxy) is 6. The molecular weight excluding hydrogens is 632 g/mol. The normalized spacial score (nSPS) is 11.2. The number of pyridine rings is 2. The first kappa shape index (κ1) is 32.9. The van der Waals surface area contributed by atoms with Crippen molar-refractivity contribution in [2.24, 2.45) is 0 Å². The van der Waals surface area contributed by atoms with Crippen LogP contribution in [0.5, 0.6) is 34.5 Å². The van der Waals surface area contributed by atoms with Crippen LogP contribution in [0.3, 0.4) is 0 Å². The van der Waals surface area contributed by atoms with Crippen LogP contribution in [0.4, 0.5) is 0 Å². The third-order valence-electron chi connectivity index (χ3n) is 8.15. The molecule has 0 unspecified atom stereocenters. The van der Waals surface area contributed by atoms with Crippen molar-refractivity contribution in [2.75, 3.05) is 21.3 Å². The van der Waals surface area contributed by atoms with Gasteiger partial charge in [-0.25, -0.2) is 0 Å². The van der Waals surface area contributed by atoms with E-state index < -0.39 is 17.9 Å². The predicted octanol–water partition coefficient (Wildman–Crippen LogP) is 6.44. The first-order valence-electron chi connectivity index (χ1n) is 15.5. The van der Waals surface area contributed by atoms with E-state index in [1.807, 2.05) is 17.4 Å². The minimum atomic E-state index is -0.535. The maximum absolute atomic E-state index is 14.7. The molecule has 12 heteroatoms. The van der Waals surface area contributed by atoms with E-state index >= 15 is 0 Å². The number of fused-ring (bicyclic) bond motifs is 7. The lowest BCUT2D eigenvalue weighted by Gasteiger charge is -2.16. The van der Waals surface area contributed by atoms with E-state index in [2.05, 4.69) is 0 Å². The van der Waals surface area contributed by atoms with Gasteiger partial charge in [-0.1, -0.05) is 13.0 Å². The van der Waals surface area contributed by atoms with Crippen molar-refractivity contribution in [3.63, 3.8) is 0 Å². The third kappa shape index (κ3) is 5.64. The molecule has 3 aromatic heterocycles. The average Bonchev–Trinajstić information content (AvgIpc) is 3.41. The molecule has 0 saturated carbocycles. The molecule has 0 amide bonds. The molecule has 0 fully saturated rings. The SMILES string of the molecule is CCCn1c(=O)c2c(c(-c3ccc(OC(C)=O)c(OC)c3)c3c4cc(OC)c(OC(C)=O)cc4ccn32)c2cc(OC)c(OC(C)=O)cc21. The highest BCUT2D eigenvalue weighted by Gasteiger charge is 2.26. The van der Waals surface area contributed by atoms with Crippen molar-refractivity contribution in [3.8, 4) is 45.6 Å². The van der Waals surface area contributed by atoms with Crippen LogP contribution in [0.2, 0.25) is 0 Å². The van der Waals surface area contributed by atoms with E-state index in [9.17, 15) is 19.2 Å². The molecule has 0 aliphatic carbocycles. The molecule has 3 heterocycles. The van der Waals surface area contributed by atoms with Crippen molar-refractivity contribution < 1.29 is 42.8 Å². The van der Waals surface area contributed by atoms with Gasteiger partial charge in [-0.2, -0.15) is 0 Å². The summed E-state index contributed by atoms with van der Waals surface area (Å²) in [5.41, 5.74) is 2.61. The van der Waals surface area contributed by atoms with Crippen LogP contribution in [0, 0.1) is 0 Å². The Morgan fingerprint density at radius 1 is 0.653 bits per heavy atom. The molecular formula is C37H34N2O10. The van der Waals surface area contributed by atoms with Crippen molar-refractivity contribution in [3.05, 3.63) is 65.1 Å². The molecule has 49 heavy (non-hydrogen) atoms. The van der Waals surface area contributed by atoms with Crippen LogP contribution in [-0.2, 0) is 20.9 Å². The number of methoxy groups -OCH3 is 3. The van der Waals surface area contributed by atoms with Crippen LogP contribution < -0.4 is 34.0 Å². The molecule has 6 aromatic rings. The maximum Gasteiger partial charge on any atom is 0.308 e. The van der Waals surface area contributed by atoms with Gasteiger partial charge in [-0.05, 0) is 53.8 Å². The van der Waals surface area contributed by atoms with E-state index in [0.717, 1.165) is 0 Å². The lowest BCUT2D eigenvalue weighted by atomic mass is 9.97. The number of carbonyl (C=O) groups excluding carboxylic acids is 3. The van der Waals surface area contributed by atoms with Gasteiger partial charge in [0.05, 0.1) is 32.4 Å². The molecule has 12 nitrogen and oxygen atoms in total. The number of aryl methyl sites for hydroxylation is 1. The molecule has 6 rings (SSSR count). The highest BCUT2D eigenvalue weighted by Crippen LogP contribution is 2.46. The number of hydrogen-bond donors (Lipinski definition) is 0. The second-order valence-electron chi connectivity index (χ2n) is 11.3. The minimum absolute atomic E-state index is 0.178. The molecule has 0 aliphatic heterocycles. The third-order valence-corrected chi connectivity index (χ3v) is 8.15. The highest BCUT2D eigenvalue weighted by molar-refractivity contribution is 6.22. The van der Waals surface area contributed by atoms with Gasteiger partial charge >= 0.3 is 17.9 Å². The van der Waals surface area contributed by atoms with E-state index in [1.165, 1.54) is 42.1 Å². The molecule has 0 aliphatic rings. The summed E-state index contributed by atoms with van der Waals surface area (Å²) in [5.74, 6) is 0.0197. The topological polar surface area (TPSA) is 133 Å². The van der Waals surface area contributed by atoms with Crippen molar-refractivity contribution in [1.82, 2.24) is 8.97 Å². The van der Waals surface area contributed by atoms with Gasteiger partial charge in [0.25, 0.3) is 5.56 Å². The van der Waals surface area contributed by atoms with Crippen molar-refractivity contribution in [1.29, 1.82) is 0 Å². The van der Waals surface area contributed by atoms with Crippen LogP contribution in [0.25, 0.3) is 49.2 Å². The Bertz CT molecular complexity index is 2400. The summed E-state index contributed by atoms with van der Waals surface area (Å²) >= 11 is 0. The molecule has 0 atom stereocenters. The summed E-state index contributed by atoms with van der Waals surface area (Å²) < 4.78 is 36.9. The molecule has 0 saturated heterocycles. The Labute approximate surface area is 280 Å². The molecule has 0 N–H and O–H groups in total. The van der Waals surface area contributed by atoms with Gasteiger partial charge in [0.15, 0.2) is 34.5 Å². The van der Waals surface area contributed by atoms with Gasteiger partial charge in [0.1, 0.15) is 5.52 Å². The van der Waals surface area contributed by atoms with Gasteiger partial charge in [0.2, 0.25) is 0 Å². The van der Waals surface area contributed by atoms with Crippen LogP contribution in [0.15, 0.2) is 59.5 Å². The number of esters is 3. The summed E-state index contributed by atoms with van der Waals surface area (Å²) in [7, 11) is 4.43. The van der Waals surface area contributed by atoms with Crippen molar-refractivity contribution in [2.45, 2.75) is 40.7 Å². The standard InChI is InChI=1S/C37H34N2O10/c1-8-12-38-26-18-32(49-21(4)42)30(46-7)17-25(26)34-33(23-9-10-27(47-19(2)40)28(15-23)44-5)35-24-16-29(45-6)31(48-20(3)41)14-22(24)11-13-39(35)36(34)37(38)43/h9-11,13-18H,8,12H2,1-7H3. The number of aromatic nitrogens is 2.